The highest BCUT2D eigenvalue weighted by Gasteiger charge is 2.35. The summed E-state index contributed by atoms with van der Waals surface area (Å²) in [7, 11) is 0. The van der Waals surface area contributed by atoms with Crippen LogP contribution < -0.4 is 0 Å². The van der Waals surface area contributed by atoms with Crippen molar-refractivity contribution in [1.29, 1.82) is 0 Å². The quantitative estimate of drug-likeness (QED) is 0.293. The number of unbranched alkanes of at least 4 members (excludes halogenated alkanes) is 2. The Hall–Kier alpha value is -1.70. The minimum atomic E-state index is -0.684. The Balaban J connectivity index is 1.45. The van der Waals surface area contributed by atoms with Crippen molar-refractivity contribution in [3.8, 4) is 0 Å². The van der Waals surface area contributed by atoms with E-state index in [1.54, 1.807) is 6.08 Å². The van der Waals surface area contributed by atoms with Crippen LogP contribution in [0, 0.1) is 29.4 Å². The lowest BCUT2D eigenvalue weighted by Gasteiger charge is -2.42. The van der Waals surface area contributed by atoms with Gasteiger partial charge in [-0.3, -0.25) is 0 Å². The van der Waals surface area contributed by atoms with E-state index >= 15 is 0 Å². The Morgan fingerprint density at radius 2 is 1.77 bits per heavy atom. The van der Waals surface area contributed by atoms with Gasteiger partial charge >= 0.3 is 0 Å². The van der Waals surface area contributed by atoms with Crippen LogP contribution in [0.4, 0.5) is 8.78 Å². The number of fused-ring (bicyclic) bond motifs is 2. The van der Waals surface area contributed by atoms with Crippen molar-refractivity contribution in [2.45, 2.75) is 89.9 Å². The Morgan fingerprint density at radius 3 is 2.58 bits per heavy atom. The van der Waals surface area contributed by atoms with Gasteiger partial charge in [0.1, 0.15) is 0 Å². The first-order valence-electron chi connectivity index (χ1n) is 12.6. The van der Waals surface area contributed by atoms with Crippen molar-refractivity contribution in [3.05, 3.63) is 59.7 Å². The summed E-state index contributed by atoms with van der Waals surface area (Å²) in [6.45, 7) is 5.97. The number of aryl methyl sites for hydroxylation is 1. The summed E-state index contributed by atoms with van der Waals surface area (Å²) in [4.78, 5) is 0. The van der Waals surface area contributed by atoms with Crippen LogP contribution in [-0.2, 0) is 6.42 Å². The molecule has 0 heterocycles. The smallest absolute Gasteiger partial charge is 0.166 e. The molecule has 4 unspecified atom stereocenters. The molecule has 0 nitrogen and oxygen atoms in total. The van der Waals surface area contributed by atoms with E-state index in [-0.39, 0.29) is 0 Å². The van der Waals surface area contributed by atoms with Crippen LogP contribution in [0.2, 0.25) is 0 Å². The molecule has 0 aliphatic heterocycles. The molecule has 0 radical (unpaired) electrons. The van der Waals surface area contributed by atoms with E-state index in [4.69, 9.17) is 0 Å². The first kappa shape index (κ1) is 22.5. The van der Waals surface area contributed by atoms with Crippen molar-refractivity contribution < 1.29 is 8.78 Å². The molecule has 0 bridgehead atoms. The van der Waals surface area contributed by atoms with Gasteiger partial charge in [0.2, 0.25) is 0 Å². The fourth-order valence-corrected chi connectivity index (χ4v) is 6.33. The van der Waals surface area contributed by atoms with Crippen molar-refractivity contribution in [3.63, 3.8) is 0 Å². The predicted octanol–water partition coefficient (Wildman–Crippen LogP) is 9.12. The highest BCUT2D eigenvalue weighted by atomic mass is 19.2. The molecule has 2 saturated carbocycles. The zero-order valence-corrected chi connectivity index (χ0v) is 19.1. The number of rotatable bonds is 8. The van der Waals surface area contributed by atoms with Crippen LogP contribution >= 0.6 is 0 Å². The molecule has 0 N–H and O–H groups in total. The Kier molecular flexibility index (Phi) is 7.46. The largest absolute Gasteiger partial charge is 0.203 e. The van der Waals surface area contributed by atoms with E-state index in [0.717, 1.165) is 23.1 Å². The monoisotopic (exact) mass is 424 g/mol. The molecule has 2 fully saturated rings. The summed E-state index contributed by atoms with van der Waals surface area (Å²) in [5.41, 5.74) is 1.65. The molecule has 0 spiro atoms. The maximum atomic E-state index is 14.9. The van der Waals surface area contributed by atoms with Crippen LogP contribution in [0.15, 0.2) is 36.9 Å². The summed E-state index contributed by atoms with van der Waals surface area (Å²) >= 11 is 0. The maximum Gasteiger partial charge on any atom is 0.166 e. The first-order valence-corrected chi connectivity index (χ1v) is 12.6. The minimum Gasteiger partial charge on any atom is -0.203 e. The molecule has 0 saturated heterocycles. The molecule has 4 atom stereocenters. The normalized spacial score (nSPS) is 26.0. The van der Waals surface area contributed by atoms with Gasteiger partial charge in [-0.15, -0.1) is 6.58 Å². The van der Waals surface area contributed by atoms with E-state index in [1.807, 2.05) is 18.2 Å². The molecule has 31 heavy (non-hydrogen) atoms. The van der Waals surface area contributed by atoms with Crippen LogP contribution in [0.5, 0.6) is 0 Å². The summed E-state index contributed by atoms with van der Waals surface area (Å²) in [6.07, 6.45) is 16.3. The highest BCUT2D eigenvalue weighted by Crippen LogP contribution is 2.48. The number of hydrogen-bond acceptors (Lipinski definition) is 0. The van der Waals surface area contributed by atoms with Gasteiger partial charge in [-0.1, -0.05) is 57.2 Å². The van der Waals surface area contributed by atoms with Crippen molar-refractivity contribution in [1.82, 2.24) is 0 Å². The average molecular weight is 425 g/mol. The third-order valence-electron chi connectivity index (χ3n) is 8.14. The molecule has 2 aromatic carbocycles. The fraction of sp³-hybridized carbons (Fsp3) is 0.586. The van der Waals surface area contributed by atoms with Crippen molar-refractivity contribution >= 4 is 10.8 Å². The molecule has 0 aromatic heterocycles. The lowest BCUT2D eigenvalue weighted by molar-refractivity contribution is 0.113. The molecule has 2 aliphatic carbocycles. The lowest BCUT2D eigenvalue weighted by Crippen LogP contribution is -2.30. The van der Waals surface area contributed by atoms with Gasteiger partial charge in [0.05, 0.1) is 0 Å². The SMILES string of the molecule is C=CCCc1cc2ccc(C3CCC4CC(CCCCC)CCC4C3)cc2c(F)c1F. The standard InChI is InChI=1S/C29H38F2/c1-3-5-7-8-20-10-11-22-17-23(13-12-21(22)16-20)24-14-15-25-18-26(9-6-4-2)28(30)29(31)27(25)19-24/h4,14-15,18-23H,2-3,5-13,16-17H2,1H3. The molecule has 2 aromatic rings. The molecule has 0 amide bonds. The first-order chi connectivity index (χ1) is 15.1. The van der Waals surface area contributed by atoms with Gasteiger partial charge < -0.3 is 0 Å². The van der Waals surface area contributed by atoms with Gasteiger partial charge in [0.25, 0.3) is 0 Å². The van der Waals surface area contributed by atoms with Crippen molar-refractivity contribution in [2.75, 3.05) is 0 Å². The third kappa shape index (κ3) is 5.04. The lowest BCUT2D eigenvalue weighted by atomic mass is 9.63. The maximum absolute atomic E-state index is 14.9. The second-order valence-electron chi connectivity index (χ2n) is 10.2. The summed E-state index contributed by atoms with van der Waals surface area (Å²) in [5, 5.41) is 1.25. The van der Waals surface area contributed by atoms with Gasteiger partial charge in [0.15, 0.2) is 11.6 Å². The van der Waals surface area contributed by atoms with E-state index in [2.05, 4.69) is 19.6 Å². The van der Waals surface area contributed by atoms with E-state index in [0.29, 0.717) is 29.7 Å². The van der Waals surface area contributed by atoms with Gasteiger partial charge in [-0.2, -0.15) is 0 Å². The Bertz CT molecular complexity index is 899. The number of hydrogen-bond donors (Lipinski definition) is 0. The second kappa shape index (κ2) is 10.3. The van der Waals surface area contributed by atoms with Gasteiger partial charge in [-0.05, 0) is 97.3 Å². The zero-order valence-electron chi connectivity index (χ0n) is 19.1. The number of allylic oxidation sites excluding steroid dienone is 1. The number of benzene rings is 2. The molecule has 4 rings (SSSR count). The summed E-state index contributed by atoms with van der Waals surface area (Å²) in [5.74, 6) is 1.78. The van der Waals surface area contributed by atoms with Crippen molar-refractivity contribution in [2.24, 2.45) is 17.8 Å². The number of halogens is 2. The second-order valence-corrected chi connectivity index (χ2v) is 10.2. The van der Waals surface area contributed by atoms with E-state index in [9.17, 15) is 8.78 Å². The Morgan fingerprint density at radius 1 is 0.968 bits per heavy atom. The summed E-state index contributed by atoms with van der Waals surface area (Å²) < 4.78 is 29.5. The zero-order chi connectivity index (χ0) is 21.8. The summed E-state index contributed by atoms with van der Waals surface area (Å²) in [6, 6.07) is 7.92. The van der Waals surface area contributed by atoms with Crippen LogP contribution in [0.25, 0.3) is 10.8 Å². The molecule has 2 heteroatoms. The Labute approximate surface area is 187 Å². The molecular weight excluding hydrogens is 386 g/mol. The minimum absolute atomic E-state index is 0.444. The van der Waals surface area contributed by atoms with Crippen LogP contribution in [0.3, 0.4) is 0 Å². The third-order valence-corrected chi connectivity index (χ3v) is 8.14. The van der Waals surface area contributed by atoms with Crippen LogP contribution in [0.1, 0.15) is 94.6 Å². The van der Waals surface area contributed by atoms with E-state index in [1.165, 1.54) is 69.8 Å². The molecular formula is C29H38F2. The average Bonchev–Trinajstić information content (AvgIpc) is 2.80. The van der Waals surface area contributed by atoms with Gasteiger partial charge in [0, 0.05) is 5.39 Å². The fourth-order valence-electron chi connectivity index (χ4n) is 6.33. The van der Waals surface area contributed by atoms with E-state index < -0.39 is 11.6 Å². The predicted molar refractivity (Wildman–Crippen MR) is 127 cm³/mol. The highest BCUT2D eigenvalue weighted by molar-refractivity contribution is 5.85. The topological polar surface area (TPSA) is 0 Å². The van der Waals surface area contributed by atoms with Gasteiger partial charge in [-0.25, -0.2) is 8.78 Å². The molecule has 168 valence electrons. The molecule has 2 aliphatic rings. The van der Waals surface area contributed by atoms with Crippen LogP contribution in [-0.4, -0.2) is 0 Å².